The maximum atomic E-state index is 13.3. The molecule has 35 heavy (non-hydrogen) atoms. The van der Waals surface area contributed by atoms with E-state index in [-0.39, 0.29) is 36.3 Å². The number of nitriles is 1. The van der Waals surface area contributed by atoms with Crippen molar-refractivity contribution in [2.45, 2.75) is 32.2 Å². The molecule has 184 valence electrons. The van der Waals surface area contributed by atoms with E-state index in [9.17, 15) is 33.3 Å². The maximum absolute atomic E-state index is 13.3. The van der Waals surface area contributed by atoms with Crippen molar-refractivity contribution in [1.82, 2.24) is 19.8 Å². The number of nitrogens with one attached hydrogen (secondary N) is 1. The Morgan fingerprint density at radius 2 is 1.94 bits per heavy atom. The Morgan fingerprint density at radius 3 is 2.57 bits per heavy atom. The molecule has 1 aromatic carbocycles. The van der Waals surface area contributed by atoms with Crippen molar-refractivity contribution in [2.24, 2.45) is 0 Å². The van der Waals surface area contributed by atoms with Gasteiger partial charge in [0.05, 0.1) is 48.5 Å². The number of nitro groups is 1. The van der Waals surface area contributed by atoms with Gasteiger partial charge in [-0.2, -0.15) is 18.4 Å². The molecule has 1 aromatic heterocycles. The van der Waals surface area contributed by atoms with E-state index in [2.05, 4.69) is 15.3 Å². The summed E-state index contributed by atoms with van der Waals surface area (Å²) >= 11 is 0. The van der Waals surface area contributed by atoms with Gasteiger partial charge in [-0.1, -0.05) is 0 Å². The van der Waals surface area contributed by atoms with Crippen LogP contribution in [0.1, 0.15) is 41.2 Å². The molecule has 14 heteroatoms. The Kier molecular flexibility index (Phi) is 6.44. The van der Waals surface area contributed by atoms with Gasteiger partial charge in [-0.15, -0.1) is 0 Å². The number of nitro benzene ring substituents is 1. The van der Waals surface area contributed by atoms with Gasteiger partial charge in [-0.3, -0.25) is 10.1 Å². The molecular formula is C21H20F3N7O4. The van der Waals surface area contributed by atoms with Crippen LogP contribution in [0.15, 0.2) is 18.2 Å². The van der Waals surface area contributed by atoms with Gasteiger partial charge >= 0.3 is 12.2 Å². The van der Waals surface area contributed by atoms with Crippen LogP contribution in [0.2, 0.25) is 0 Å². The predicted molar refractivity (Wildman–Crippen MR) is 114 cm³/mol. The molecule has 0 spiro atoms. The van der Waals surface area contributed by atoms with Crippen molar-refractivity contribution >= 4 is 17.5 Å². The fourth-order valence-corrected chi connectivity index (χ4v) is 3.96. The molecule has 1 N–H and O–H groups in total. The van der Waals surface area contributed by atoms with Crippen molar-refractivity contribution in [2.75, 3.05) is 31.6 Å². The molecule has 3 heterocycles. The topological polar surface area (TPSA) is 138 Å². The summed E-state index contributed by atoms with van der Waals surface area (Å²) in [5.74, 6) is 0.00513. The molecule has 0 radical (unpaired) electrons. The Hall–Kier alpha value is -3.99. The van der Waals surface area contributed by atoms with Crippen LogP contribution in [0.5, 0.6) is 0 Å². The first-order valence-corrected chi connectivity index (χ1v) is 10.6. The van der Waals surface area contributed by atoms with Gasteiger partial charge in [-0.25, -0.2) is 14.8 Å². The summed E-state index contributed by atoms with van der Waals surface area (Å²) in [7, 11) is 0. The number of benzene rings is 1. The number of hydrogen-bond acceptors (Lipinski definition) is 8. The number of halogens is 3. The third-order valence-electron chi connectivity index (χ3n) is 5.77. The zero-order chi connectivity index (χ0) is 25.3. The fourth-order valence-electron chi connectivity index (χ4n) is 3.96. The van der Waals surface area contributed by atoms with Crippen LogP contribution in [0.25, 0.3) is 0 Å². The summed E-state index contributed by atoms with van der Waals surface area (Å²) in [6.07, 6.45) is -4.77. The quantitative estimate of drug-likeness (QED) is 0.508. The summed E-state index contributed by atoms with van der Waals surface area (Å²) in [6.45, 7) is 3.53. The number of carbonyl (C=O) groups excluding carboxylic acids is 1. The van der Waals surface area contributed by atoms with Crippen LogP contribution >= 0.6 is 0 Å². The van der Waals surface area contributed by atoms with Crippen molar-refractivity contribution in [3.8, 4) is 6.07 Å². The second-order valence-electron chi connectivity index (χ2n) is 8.11. The van der Waals surface area contributed by atoms with Crippen LogP contribution in [0.3, 0.4) is 0 Å². The number of alkyl halides is 3. The Labute approximate surface area is 197 Å². The molecule has 0 bridgehead atoms. The number of rotatable bonds is 4. The second kappa shape index (κ2) is 9.34. The van der Waals surface area contributed by atoms with E-state index < -0.39 is 28.4 Å². The molecule has 1 saturated heterocycles. The molecule has 0 unspecified atom stereocenters. The average molecular weight is 491 g/mol. The highest BCUT2D eigenvalue weighted by atomic mass is 19.4. The molecule has 4 rings (SSSR count). The molecule has 1 fully saturated rings. The minimum atomic E-state index is -4.77. The number of fused-ring (bicyclic) bond motifs is 1. The van der Waals surface area contributed by atoms with Crippen molar-refractivity contribution in [3.05, 3.63) is 56.5 Å². The van der Waals surface area contributed by atoms with Gasteiger partial charge < -0.3 is 19.9 Å². The van der Waals surface area contributed by atoms with Gasteiger partial charge in [0.15, 0.2) is 0 Å². The Bertz CT molecular complexity index is 1210. The lowest BCUT2D eigenvalue weighted by atomic mass is 10.0. The lowest BCUT2D eigenvalue weighted by Crippen LogP contribution is -2.46. The summed E-state index contributed by atoms with van der Waals surface area (Å²) in [5, 5.41) is 23.5. The molecule has 0 aliphatic carbocycles. The molecule has 2 aromatic rings. The van der Waals surface area contributed by atoms with E-state index in [0.717, 1.165) is 12.1 Å². The van der Waals surface area contributed by atoms with E-state index in [4.69, 9.17) is 4.74 Å². The number of anilines is 1. The van der Waals surface area contributed by atoms with E-state index in [0.29, 0.717) is 43.6 Å². The highest BCUT2D eigenvalue weighted by Gasteiger charge is 2.34. The number of urea groups is 1. The summed E-state index contributed by atoms with van der Waals surface area (Å²) in [6, 6.07) is 3.12. The zero-order valence-electron chi connectivity index (χ0n) is 18.5. The number of amides is 2. The third-order valence-corrected chi connectivity index (χ3v) is 5.77. The number of morpholine rings is 1. The van der Waals surface area contributed by atoms with Crippen molar-refractivity contribution in [3.63, 3.8) is 0 Å². The van der Waals surface area contributed by atoms with Crippen LogP contribution in [-0.4, -0.2) is 57.0 Å². The molecule has 2 aliphatic rings. The van der Waals surface area contributed by atoms with Gasteiger partial charge in [0, 0.05) is 30.8 Å². The molecular weight excluding hydrogens is 471 g/mol. The van der Waals surface area contributed by atoms with Gasteiger partial charge in [-0.05, 0) is 18.6 Å². The van der Waals surface area contributed by atoms with Crippen LogP contribution < -0.4 is 5.32 Å². The number of non-ortho nitro benzene ring substituents is 1. The highest BCUT2D eigenvalue weighted by Crippen LogP contribution is 2.35. The first-order chi connectivity index (χ1) is 16.6. The van der Waals surface area contributed by atoms with Gasteiger partial charge in [0.2, 0.25) is 5.82 Å². The van der Waals surface area contributed by atoms with Crippen molar-refractivity contribution < 1.29 is 27.6 Å². The average Bonchev–Trinajstić information content (AvgIpc) is 3.27. The van der Waals surface area contributed by atoms with E-state index in [1.807, 2.05) is 6.07 Å². The fraction of sp³-hybridized carbons (Fsp3) is 0.429. The first-order valence-electron chi connectivity index (χ1n) is 10.6. The second-order valence-corrected chi connectivity index (χ2v) is 8.11. The van der Waals surface area contributed by atoms with E-state index in [1.54, 1.807) is 4.90 Å². The highest BCUT2D eigenvalue weighted by molar-refractivity contribution is 5.76. The molecule has 0 saturated carbocycles. The zero-order valence-corrected chi connectivity index (χ0v) is 18.5. The minimum absolute atomic E-state index is 0.0108. The predicted octanol–water partition coefficient (Wildman–Crippen LogP) is 3.22. The number of ether oxygens (including phenoxy) is 1. The van der Waals surface area contributed by atoms with Crippen LogP contribution in [-0.2, 0) is 24.0 Å². The largest absolute Gasteiger partial charge is 0.416 e. The third kappa shape index (κ3) is 5.09. The van der Waals surface area contributed by atoms with Gasteiger partial charge in [0.25, 0.3) is 5.69 Å². The summed E-state index contributed by atoms with van der Waals surface area (Å²) in [4.78, 5) is 34.7. The number of nitrogens with zero attached hydrogens (tertiary/aromatic N) is 6. The summed E-state index contributed by atoms with van der Waals surface area (Å²) < 4.78 is 45.2. The number of carbonyl (C=O) groups is 1. The first kappa shape index (κ1) is 24.1. The van der Waals surface area contributed by atoms with Crippen LogP contribution in [0.4, 0.5) is 29.5 Å². The maximum Gasteiger partial charge on any atom is 0.416 e. The lowest BCUT2D eigenvalue weighted by Gasteiger charge is -2.30. The summed E-state index contributed by atoms with van der Waals surface area (Å²) in [5.41, 5.74) is -0.863. The number of hydrogen-bond donors (Lipinski definition) is 1. The lowest BCUT2D eigenvalue weighted by molar-refractivity contribution is -0.385. The Balaban J connectivity index is 1.62. The molecule has 2 amide bonds. The number of aromatic nitrogens is 2. The smallest absolute Gasteiger partial charge is 0.378 e. The van der Waals surface area contributed by atoms with Gasteiger partial charge in [0.1, 0.15) is 11.9 Å². The molecule has 2 aliphatic heterocycles. The monoisotopic (exact) mass is 491 g/mol. The van der Waals surface area contributed by atoms with Crippen molar-refractivity contribution in [1.29, 1.82) is 5.26 Å². The van der Waals surface area contributed by atoms with E-state index >= 15 is 0 Å². The molecule has 11 nitrogen and oxygen atoms in total. The standard InChI is InChI=1S/C21H20F3N7O4/c1-12(13-6-14(21(22,23)24)8-15(7-13)31(33)34)26-19-16-10-30(11-17(16)27-18(9-25)28-19)20(32)29-2-4-35-5-3-29/h6-8,12H,2-5,10-11H2,1H3,(H,26,27,28)/t12-/m1/s1. The molecule has 1 atom stereocenters. The van der Waals surface area contributed by atoms with Crippen LogP contribution in [0, 0.1) is 21.4 Å². The minimum Gasteiger partial charge on any atom is -0.378 e. The Morgan fingerprint density at radius 1 is 1.23 bits per heavy atom. The van der Waals surface area contributed by atoms with E-state index in [1.165, 1.54) is 11.8 Å². The SMILES string of the molecule is C[C@@H](Nc1nc(C#N)nc2c1CN(C(=O)N1CCOCC1)C2)c1cc([N+](=O)[O-])cc(C(F)(F)F)c1. The normalized spacial score (nSPS) is 16.4.